The molecule has 1 aliphatic carbocycles. The van der Waals surface area contributed by atoms with Crippen LogP contribution < -0.4 is 5.73 Å². The van der Waals surface area contributed by atoms with Crippen LogP contribution in [0.5, 0.6) is 0 Å². The Bertz CT molecular complexity index is 620. The van der Waals surface area contributed by atoms with Crippen molar-refractivity contribution in [3.05, 3.63) is 34.2 Å². The molecule has 2 aromatic rings. The Morgan fingerprint density at radius 1 is 1.37 bits per heavy atom. The molecule has 3 nitrogen and oxygen atoms in total. The van der Waals surface area contributed by atoms with Crippen molar-refractivity contribution in [1.29, 1.82) is 0 Å². The van der Waals surface area contributed by atoms with Crippen molar-refractivity contribution in [1.82, 2.24) is 9.38 Å². The number of halogens is 1. The fraction of sp³-hybridized carbons (Fsp3) is 0.533. The van der Waals surface area contributed by atoms with Crippen LogP contribution in [0.25, 0.3) is 5.65 Å². The molecule has 0 amide bonds. The molecule has 1 saturated carbocycles. The van der Waals surface area contributed by atoms with E-state index in [-0.39, 0.29) is 11.5 Å². The van der Waals surface area contributed by atoms with E-state index in [1.165, 1.54) is 18.5 Å². The number of nitrogens with two attached hydrogens (primary N) is 1. The summed E-state index contributed by atoms with van der Waals surface area (Å²) in [5.74, 6) is 0.625. The molecule has 4 heteroatoms. The fourth-order valence-electron chi connectivity index (χ4n) is 2.59. The average molecular weight is 322 g/mol. The van der Waals surface area contributed by atoms with Crippen LogP contribution in [0.3, 0.4) is 0 Å². The van der Waals surface area contributed by atoms with Crippen molar-refractivity contribution < 1.29 is 0 Å². The van der Waals surface area contributed by atoms with E-state index in [0.717, 1.165) is 15.8 Å². The van der Waals surface area contributed by atoms with Crippen LogP contribution in [0.1, 0.15) is 51.0 Å². The number of pyridine rings is 1. The number of hydrogen-bond acceptors (Lipinski definition) is 2. The molecule has 0 radical (unpaired) electrons. The molecule has 2 aromatic heterocycles. The van der Waals surface area contributed by atoms with Crippen molar-refractivity contribution in [3.63, 3.8) is 0 Å². The first-order chi connectivity index (χ1) is 8.88. The molecule has 0 bridgehead atoms. The highest BCUT2D eigenvalue weighted by Crippen LogP contribution is 2.42. The van der Waals surface area contributed by atoms with E-state index in [2.05, 4.69) is 47.3 Å². The van der Waals surface area contributed by atoms with E-state index >= 15 is 0 Å². The molecule has 1 aliphatic rings. The van der Waals surface area contributed by atoms with E-state index in [9.17, 15) is 0 Å². The highest BCUT2D eigenvalue weighted by molar-refractivity contribution is 9.10. The van der Waals surface area contributed by atoms with Crippen LogP contribution >= 0.6 is 15.9 Å². The summed E-state index contributed by atoms with van der Waals surface area (Å²) in [6.45, 7) is 6.60. The van der Waals surface area contributed by atoms with E-state index in [4.69, 9.17) is 10.7 Å². The Hall–Kier alpha value is -0.870. The van der Waals surface area contributed by atoms with Gasteiger partial charge in [-0.15, -0.1) is 0 Å². The Morgan fingerprint density at radius 3 is 2.63 bits per heavy atom. The topological polar surface area (TPSA) is 43.3 Å². The molecule has 3 rings (SSSR count). The fourth-order valence-corrected chi connectivity index (χ4v) is 2.92. The van der Waals surface area contributed by atoms with Gasteiger partial charge in [-0.2, -0.15) is 0 Å². The quantitative estimate of drug-likeness (QED) is 0.914. The zero-order chi connectivity index (χ0) is 13.8. The maximum absolute atomic E-state index is 6.48. The van der Waals surface area contributed by atoms with Crippen molar-refractivity contribution in [2.75, 3.05) is 0 Å². The molecule has 19 heavy (non-hydrogen) atoms. The maximum Gasteiger partial charge on any atom is 0.137 e. The van der Waals surface area contributed by atoms with Gasteiger partial charge in [-0.1, -0.05) is 20.8 Å². The largest absolute Gasteiger partial charge is 0.322 e. The lowest BCUT2D eigenvalue weighted by atomic mass is 9.88. The zero-order valence-electron chi connectivity index (χ0n) is 11.7. The van der Waals surface area contributed by atoms with Crippen molar-refractivity contribution in [2.24, 2.45) is 11.7 Å². The standard InChI is InChI=1S/C15H20BrN3/c1-15(2,3)14-13(12(17)9-4-5-9)19-8-10(16)6-7-11(19)18-14/h6-9,12H,4-5,17H2,1-3H3. The zero-order valence-corrected chi connectivity index (χ0v) is 13.2. The van der Waals surface area contributed by atoms with Crippen molar-refractivity contribution in [2.45, 2.75) is 45.1 Å². The summed E-state index contributed by atoms with van der Waals surface area (Å²) in [6.07, 6.45) is 4.56. The molecule has 0 spiro atoms. The number of nitrogens with zero attached hydrogens (tertiary/aromatic N) is 2. The van der Waals surface area contributed by atoms with E-state index < -0.39 is 0 Å². The minimum absolute atomic E-state index is 0.0142. The third kappa shape index (κ3) is 2.32. The van der Waals surface area contributed by atoms with E-state index in [1.54, 1.807) is 0 Å². The van der Waals surface area contributed by atoms with Gasteiger partial charge in [0.25, 0.3) is 0 Å². The van der Waals surface area contributed by atoms with Gasteiger partial charge in [0.2, 0.25) is 0 Å². The summed E-state index contributed by atoms with van der Waals surface area (Å²) < 4.78 is 3.22. The van der Waals surface area contributed by atoms with Crippen LogP contribution in [-0.2, 0) is 5.41 Å². The van der Waals surface area contributed by atoms with Crippen LogP contribution in [0, 0.1) is 5.92 Å². The number of aromatic nitrogens is 2. The molecular weight excluding hydrogens is 302 g/mol. The molecule has 2 heterocycles. The molecular formula is C15H20BrN3. The van der Waals surface area contributed by atoms with Crippen LogP contribution in [0.4, 0.5) is 0 Å². The van der Waals surface area contributed by atoms with E-state index in [0.29, 0.717) is 5.92 Å². The Labute approximate surface area is 122 Å². The van der Waals surface area contributed by atoms with E-state index in [1.807, 2.05) is 12.1 Å². The molecule has 102 valence electrons. The summed E-state index contributed by atoms with van der Waals surface area (Å²) in [5, 5.41) is 0. The van der Waals surface area contributed by atoms with Gasteiger partial charge in [0, 0.05) is 16.1 Å². The van der Waals surface area contributed by atoms with Gasteiger partial charge in [0.05, 0.1) is 17.4 Å². The van der Waals surface area contributed by atoms with Gasteiger partial charge >= 0.3 is 0 Å². The minimum Gasteiger partial charge on any atom is -0.322 e. The van der Waals surface area contributed by atoms with Crippen LogP contribution in [0.15, 0.2) is 22.8 Å². The average Bonchev–Trinajstić information content (AvgIpc) is 3.08. The third-order valence-electron chi connectivity index (χ3n) is 3.78. The second kappa shape index (κ2) is 4.32. The molecule has 2 N–H and O–H groups in total. The predicted octanol–water partition coefficient (Wildman–Crippen LogP) is 3.80. The lowest BCUT2D eigenvalue weighted by molar-refractivity contribution is 0.532. The minimum atomic E-state index is 0.0142. The molecule has 0 aromatic carbocycles. The molecule has 0 saturated heterocycles. The van der Waals surface area contributed by atoms with Gasteiger partial charge in [-0.3, -0.25) is 0 Å². The van der Waals surface area contributed by atoms with Gasteiger partial charge in [0.15, 0.2) is 0 Å². The lowest BCUT2D eigenvalue weighted by Crippen LogP contribution is -2.22. The smallest absolute Gasteiger partial charge is 0.137 e. The normalized spacial score (nSPS) is 17.9. The first-order valence-electron chi connectivity index (χ1n) is 6.81. The number of fused-ring (bicyclic) bond motifs is 1. The number of hydrogen-bond donors (Lipinski definition) is 1. The SMILES string of the molecule is CC(C)(C)c1nc2ccc(Br)cn2c1C(N)C1CC1. The summed E-state index contributed by atoms with van der Waals surface area (Å²) in [7, 11) is 0. The summed E-state index contributed by atoms with van der Waals surface area (Å²) in [5.41, 5.74) is 9.80. The summed E-state index contributed by atoms with van der Waals surface area (Å²) in [6, 6.07) is 4.17. The van der Waals surface area contributed by atoms with Gasteiger partial charge in [0.1, 0.15) is 5.65 Å². The Kier molecular flexibility index (Phi) is 2.98. The van der Waals surface area contributed by atoms with Crippen molar-refractivity contribution >= 4 is 21.6 Å². The summed E-state index contributed by atoms with van der Waals surface area (Å²) in [4.78, 5) is 4.82. The van der Waals surface area contributed by atoms with Crippen LogP contribution in [-0.4, -0.2) is 9.38 Å². The molecule has 0 aliphatic heterocycles. The maximum atomic E-state index is 6.48. The van der Waals surface area contributed by atoms with Crippen molar-refractivity contribution in [3.8, 4) is 0 Å². The predicted molar refractivity (Wildman–Crippen MR) is 81.2 cm³/mol. The third-order valence-corrected chi connectivity index (χ3v) is 4.24. The number of imidazole rings is 1. The van der Waals surface area contributed by atoms with Gasteiger partial charge < -0.3 is 10.1 Å². The first kappa shape index (κ1) is 13.1. The monoisotopic (exact) mass is 321 g/mol. The van der Waals surface area contributed by atoms with Crippen LogP contribution in [0.2, 0.25) is 0 Å². The highest BCUT2D eigenvalue weighted by Gasteiger charge is 2.35. The second-order valence-corrected chi connectivity index (χ2v) is 7.45. The van der Waals surface area contributed by atoms with Gasteiger partial charge in [-0.05, 0) is 46.8 Å². The second-order valence-electron chi connectivity index (χ2n) is 6.53. The number of rotatable bonds is 2. The lowest BCUT2D eigenvalue weighted by Gasteiger charge is -2.21. The Morgan fingerprint density at radius 2 is 2.05 bits per heavy atom. The highest BCUT2D eigenvalue weighted by atomic mass is 79.9. The van der Waals surface area contributed by atoms with Gasteiger partial charge in [-0.25, -0.2) is 4.98 Å². The summed E-state index contributed by atoms with van der Waals surface area (Å²) >= 11 is 3.54. The molecule has 1 atom stereocenters. The molecule has 1 fully saturated rings. The molecule has 1 unspecified atom stereocenters. The Balaban J connectivity index is 2.26. The first-order valence-corrected chi connectivity index (χ1v) is 7.61.